The Bertz CT molecular complexity index is 1050. The van der Waals surface area contributed by atoms with Crippen molar-refractivity contribution in [2.75, 3.05) is 31.1 Å². The van der Waals surface area contributed by atoms with E-state index in [1.54, 1.807) is 27.9 Å². The molecular weight excluding hydrogens is 380 g/mol. The highest BCUT2D eigenvalue weighted by atomic mass is 32.2. The van der Waals surface area contributed by atoms with Crippen LogP contribution in [0.4, 0.5) is 5.13 Å². The first-order valence-corrected chi connectivity index (χ1v) is 11.2. The third-order valence-electron chi connectivity index (χ3n) is 4.83. The van der Waals surface area contributed by atoms with Gasteiger partial charge in [-0.2, -0.15) is 4.31 Å². The minimum absolute atomic E-state index is 0.408. The standard InChI is InChI=1S/C19H22N4O2S2/c1-14-6-7-17(15(2)13-14)27(24,25)23-10-4-9-22(11-12-23)19-21-16-5-3-8-20-18(16)26-19/h3,5-8,13H,4,9-12H2,1-2H3. The lowest BCUT2D eigenvalue weighted by Crippen LogP contribution is -2.35. The molecule has 0 saturated carbocycles. The van der Waals surface area contributed by atoms with E-state index in [4.69, 9.17) is 0 Å². The van der Waals surface area contributed by atoms with Gasteiger partial charge in [0.1, 0.15) is 10.3 Å². The average molecular weight is 403 g/mol. The highest BCUT2D eigenvalue weighted by Crippen LogP contribution is 2.29. The Kier molecular flexibility index (Phi) is 4.88. The fourth-order valence-electron chi connectivity index (χ4n) is 3.45. The number of thiazole rings is 1. The molecule has 142 valence electrons. The van der Waals surface area contributed by atoms with Gasteiger partial charge in [-0.3, -0.25) is 0 Å². The number of sulfonamides is 1. The third-order valence-corrected chi connectivity index (χ3v) is 7.93. The molecule has 3 heterocycles. The summed E-state index contributed by atoms with van der Waals surface area (Å²) in [6.07, 6.45) is 2.54. The Labute approximate surface area is 163 Å². The fraction of sp³-hybridized carbons (Fsp3) is 0.368. The van der Waals surface area contributed by atoms with Gasteiger partial charge in [0.05, 0.1) is 4.90 Å². The predicted molar refractivity (Wildman–Crippen MR) is 109 cm³/mol. The molecule has 8 heteroatoms. The highest BCUT2D eigenvalue weighted by Gasteiger charge is 2.28. The molecule has 6 nitrogen and oxygen atoms in total. The van der Waals surface area contributed by atoms with Gasteiger partial charge in [0, 0.05) is 32.4 Å². The van der Waals surface area contributed by atoms with Crippen molar-refractivity contribution < 1.29 is 8.42 Å². The number of nitrogens with zero attached hydrogens (tertiary/aromatic N) is 4. The SMILES string of the molecule is Cc1ccc(S(=O)(=O)N2CCCN(c3nc4cccnc4s3)CC2)c(C)c1. The van der Waals surface area contributed by atoms with E-state index in [0.717, 1.165) is 39.6 Å². The minimum Gasteiger partial charge on any atom is -0.347 e. The van der Waals surface area contributed by atoms with Crippen LogP contribution in [0.2, 0.25) is 0 Å². The van der Waals surface area contributed by atoms with Gasteiger partial charge in [-0.15, -0.1) is 0 Å². The van der Waals surface area contributed by atoms with Gasteiger partial charge in [0.25, 0.3) is 0 Å². The Morgan fingerprint density at radius 2 is 1.93 bits per heavy atom. The quantitative estimate of drug-likeness (QED) is 0.673. The zero-order chi connectivity index (χ0) is 19.0. The van der Waals surface area contributed by atoms with Crippen molar-refractivity contribution in [3.05, 3.63) is 47.7 Å². The minimum atomic E-state index is -3.49. The van der Waals surface area contributed by atoms with E-state index in [1.807, 2.05) is 38.1 Å². The number of hydrogen-bond acceptors (Lipinski definition) is 6. The maximum absolute atomic E-state index is 13.1. The smallest absolute Gasteiger partial charge is 0.243 e. The number of fused-ring (bicyclic) bond motifs is 1. The molecule has 0 amide bonds. The Morgan fingerprint density at radius 1 is 1.07 bits per heavy atom. The Hall–Kier alpha value is -2.03. The molecule has 0 spiro atoms. The lowest BCUT2D eigenvalue weighted by atomic mass is 10.2. The molecule has 0 bridgehead atoms. The van der Waals surface area contributed by atoms with Crippen LogP contribution in [0.1, 0.15) is 17.5 Å². The predicted octanol–water partition coefficient (Wildman–Crippen LogP) is 3.21. The number of benzene rings is 1. The van der Waals surface area contributed by atoms with Gasteiger partial charge in [0.2, 0.25) is 10.0 Å². The van der Waals surface area contributed by atoms with Crippen LogP contribution in [0.15, 0.2) is 41.4 Å². The first-order valence-electron chi connectivity index (χ1n) is 8.99. The maximum Gasteiger partial charge on any atom is 0.243 e. The second kappa shape index (κ2) is 7.18. The van der Waals surface area contributed by atoms with E-state index in [2.05, 4.69) is 14.9 Å². The molecular formula is C19H22N4O2S2. The topological polar surface area (TPSA) is 66.4 Å². The summed E-state index contributed by atoms with van der Waals surface area (Å²) in [6, 6.07) is 9.34. The van der Waals surface area contributed by atoms with Crippen LogP contribution in [-0.4, -0.2) is 48.9 Å². The number of anilines is 1. The van der Waals surface area contributed by atoms with Crippen LogP contribution in [0.25, 0.3) is 10.3 Å². The summed E-state index contributed by atoms with van der Waals surface area (Å²) in [5.41, 5.74) is 2.76. The van der Waals surface area contributed by atoms with Crippen LogP contribution in [-0.2, 0) is 10.0 Å². The molecule has 4 rings (SSSR count). The molecule has 0 aliphatic carbocycles. The molecule has 0 radical (unpaired) electrons. The van der Waals surface area contributed by atoms with Crippen molar-refractivity contribution in [2.24, 2.45) is 0 Å². The van der Waals surface area contributed by atoms with Crippen LogP contribution < -0.4 is 4.90 Å². The first-order chi connectivity index (χ1) is 12.9. The monoisotopic (exact) mass is 402 g/mol. The zero-order valence-electron chi connectivity index (χ0n) is 15.4. The molecule has 1 aromatic carbocycles. The molecule has 27 heavy (non-hydrogen) atoms. The van der Waals surface area contributed by atoms with Crippen molar-refractivity contribution in [2.45, 2.75) is 25.2 Å². The summed E-state index contributed by atoms with van der Waals surface area (Å²) >= 11 is 1.56. The van der Waals surface area contributed by atoms with E-state index in [-0.39, 0.29) is 0 Å². The number of aryl methyl sites for hydroxylation is 2. The van der Waals surface area contributed by atoms with E-state index in [9.17, 15) is 8.42 Å². The summed E-state index contributed by atoms with van der Waals surface area (Å²) in [5, 5.41) is 0.912. The molecule has 1 fully saturated rings. The lowest BCUT2D eigenvalue weighted by Gasteiger charge is -2.22. The Balaban J connectivity index is 1.55. The first kappa shape index (κ1) is 18.3. The van der Waals surface area contributed by atoms with Gasteiger partial charge in [-0.1, -0.05) is 29.0 Å². The van der Waals surface area contributed by atoms with E-state index >= 15 is 0 Å². The third kappa shape index (κ3) is 3.56. The van der Waals surface area contributed by atoms with Gasteiger partial charge < -0.3 is 4.90 Å². The molecule has 0 N–H and O–H groups in total. The summed E-state index contributed by atoms with van der Waals surface area (Å²) in [7, 11) is -3.49. The van der Waals surface area contributed by atoms with Crippen LogP contribution >= 0.6 is 11.3 Å². The largest absolute Gasteiger partial charge is 0.347 e. The second-order valence-electron chi connectivity index (χ2n) is 6.84. The van der Waals surface area contributed by atoms with Crippen LogP contribution in [0.5, 0.6) is 0 Å². The van der Waals surface area contributed by atoms with E-state index in [0.29, 0.717) is 24.5 Å². The van der Waals surface area contributed by atoms with Gasteiger partial charge in [-0.05, 0) is 44.0 Å². The van der Waals surface area contributed by atoms with Gasteiger partial charge >= 0.3 is 0 Å². The molecule has 0 atom stereocenters. The summed E-state index contributed by atoms with van der Waals surface area (Å²) < 4.78 is 27.9. The van der Waals surface area contributed by atoms with Crippen molar-refractivity contribution in [1.82, 2.24) is 14.3 Å². The molecule has 3 aromatic rings. The Morgan fingerprint density at radius 3 is 2.70 bits per heavy atom. The molecule has 1 aliphatic heterocycles. The van der Waals surface area contributed by atoms with Crippen molar-refractivity contribution in [3.63, 3.8) is 0 Å². The van der Waals surface area contributed by atoms with Crippen LogP contribution in [0, 0.1) is 13.8 Å². The average Bonchev–Trinajstić information content (AvgIpc) is 2.89. The molecule has 1 aliphatic rings. The number of pyridine rings is 1. The summed E-state index contributed by atoms with van der Waals surface area (Å²) in [4.78, 5) is 12.5. The van der Waals surface area contributed by atoms with Crippen molar-refractivity contribution in [1.29, 1.82) is 0 Å². The fourth-order valence-corrected chi connectivity index (χ4v) is 6.08. The van der Waals surface area contributed by atoms with E-state index < -0.39 is 10.0 Å². The summed E-state index contributed by atoms with van der Waals surface area (Å²) in [5.74, 6) is 0. The highest BCUT2D eigenvalue weighted by molar-refractivity contribution is 7.89. The summed E-state index contributed by atoms with van der Waals surface area (Å²) in [6.45, 7) is 6.23. The van der Waals surface area contributed by atoms with Gasteiger partial charge in [0.15, 0.2) is 5.13 Å². The van der Waals surface area contributed by atoms with Crippen molar-refractivity contribution >= 4 is 36.8 Å². The zero-order valence-corrected chi connectivity index (χ0v) is 17.1. The lowest BCUT2D eigenvalue weighted by molar-refractivity contribution is 0.433. The van der Waals surface area contributed by atoms with E-state index in [1.165, 1.54) is 0 Å². The maximum atomic E-state index is 13.1. The molecule has 2 aromatic heterocycles. The normalized spacial score (nSPS) is 16.6. The molecule has 1 saturated heterocycles. The second-order valence-corrected chi connectivity index (χ2v) is 9.70. The number of rotatable bonds is 3. The van der Waals surface area contributed by atoms with Crippen molar-refractivity contribution in [3.8, 4) is 0 Å². The van der Waals surface area contributed by atoms with Crippen LogP contribution in [0.3, 0.4) is 0 Å². The molecule has 0 unspecified atom stereocenters. The number of hydrogen-bond donors (Lipinski definition) is 0. The number of aromatic nitrogens is 2. The van der Waals surface area contributed by atoms with Gasteiger partial charge in [-0.25, -0.2) is 18.4 Å².